The fourth-order valence-corrected chi connectivity index (χ4v) is 3.46. The molecule has 0 fully saturated rings. The molecule has 0 aromatic heterocycles. The summed E-state index contributed by atoms with van der Waals surface area (Å²) in [5, 5.41) is 3.61. The van der Waals surface area contributed by atoms with Crippen LogP contribution in [0.5, 0.6) is 23.0 Å². The van der Waals surface area contributed by atoms with Crippen molar-refractivity contribution < 1.29 is 18.9 Å². The Hall–Kier alpha value is -2.40. The molecule has 0 amide bonds. The van der Waals surface area contributed by atoms with Gasteiger partial charge in [-0.25, -0.2) is 0 Å². The third-order valence-electron chi connectivity index (χ3n) is 4.71. The smallest absolute Gasteiger partial charge is 0.203 e. The molecule has 2 aromatic rings. The quantitative estimate of drug-likeness (QED) is 0.873. The van der Waals surface area contributed by atoms with Gasteiger partial charge >= 0.3 is 0 Å². The highest BCUT2D eigenvalue weighted by molar-refractivity contribution is 5.60. The highest BCUT2D eigenvalue weighted by Gasteiger charge is 2.27. The van der Waals surface area contributed by atoms with Gasteiger partial charge in [0.05, 0.1) is 28.4 Å². The number of hydrogen-bond acceptors (Lipinski definition) is 5. The molecule has 0 spiro atoms. The molecule has 1 unspecified atom stereocenters. The van der Waals surface area contributed by atoms with Gasteiger partial charge in [-0.2, -0.15) is 0 Å². The molecule has 0 saturated heterocycles. The fraction of sp³-hybridized carbons (Fsp3) is 0.400. The van der Waals surface area contributed by atoms with Gasteiger partial charge in [-0.05, 0) is 48.7 Å². The van der Waals surface area contributed by atoms with Gasteiger partial charge in [0.15, 0.2) is 11.5 Å². The van der Waals surface area contributed by atoms with Crippen molar-refractivity contribution in [2.45, 2.75) is 18.9 Å². The average Bonchev–Trinajstić information content (AvgIpc) is 2.67. The molecule has 1 aliphatic rings. The first-order valence-electron chi connectivity index (χ1n) is 8.39. The predicted molar refractivity (Wildman–Crippen MR) is 97.2 cm³/mol. The van der Waals surface area contributed by atoms with Crippen LogP contribution in [-0.2, 0) is 12.8 Å². The minimum Gasteiger partial charge on any atom is -0.497 e. The fourth-order valence-electron chi connectivity index (χ4n) is 3.46. The average molecular weight is 343 g/mol. The van der Waals surface area contributed by atoms with Gasteiger partial charge in [-0.15, -0.1) is 0 Å². The third-order valence-corrected chi connectivity index (χ3v) is 4.71. The van der Waals surface area contributed by atoms with E-state index in [0.29, 0.717) is 11.5 Å². The van der Waals surface area contributed by atoms with Gasteiger partial charge < -0.3 is 24.3 Å². The van der Waals surface area contributed by atoms with Gasteiger partial charge in [0, 0.05) is 11.6 Å². The maximum absolute atomic E-state index is 5.66. The van der Waals surface area contributed by atoms with E-state index in [4.69, 9.17) is 18.9 Å². The van der Waals surface area contributed by atoms with Gasteiger partial charge in [-0.1, -0.05) is 12.1 Å². The molecule has 5 heteroatoms. The van der Waals surface area contributed by atoms with Crippen LogP contribution in [-0.4, -0.2) is 35.0 Å². The molecule has 1 N–H and O–H groups in total. The van der Waals surface area contributed by atoms with Crippen LogP contribution in [0, 0.1) is 0 Å². The third kappa shape index (κ3) is 3.37. The minimum absolute atomic E-state index is 0.200. The summed E-state index contributed by atoms with van der Waals surface area (Å²) >= 11 is 0. The molecule has 25 heavy (non-hydrogen) atoms. The van der Waals surface area contributed by atoms with Crippen molar-refractivity contribution in [1.82, 2.24) is 5.32 Å². The van der Waals surface area contributed by atoms with Crippen molar-refractivity contribution in [2.24, 2.45) is 0 Å². The second-order valence-corrected chi connectivity index (χ2v) is 6.02. The summed E-state index contributed by atoms with van der Waals surface area (Å²) in [5.74, 6) is 3.00. The van der Waals surface area contributed by atoms with Crippen molar-refractivity contribution in [1.29, 1.82) is 0 Å². The number of fused-ring (bicyclic) bond motifs is 1. The summed E-state index contributed by atoms with van der Waals surface area (Å²) in [6, 6.07) is 10.5. The van der Waals surface area contributed by atoms with Crippen molar-refractivity contribution >= 4 is 0 Å². The van der Waals surface area contributed by atoms with Crippen LogP contribution in [0.3, 0.4) is 0 Å². The highest BCUT2D eigenvalue weighted by atomic mass is 16.5. The topological polar surface area (TPSA) is 49.0 Å². The van der Waals surface area contributed by atoms with Gasteiger partial charge in [0.25, 0.3) is 0 Å². The zero-order valence-electron chi connectivity index (χ0n) is 15.2. The zero-order valence-corrected chi connectivity index (χ0v) is 15.2. The van der Waals surface area contributed by atoms with E-state index in [1.165, 1.54) is 16.7 Å². The van der Waals surface area contributed by atoms with E-state index < -0.39 is 0 Å². The van der Waals surface area contributed by atoms with Crippen molar-refractivity contribution in [3.8, 4) is 23.0 Å². The van der Waals surface area contributed by atoms with E-state index in [9.17, 15) is 0 Å². The molecule has 1 aliphatic heterocycles. The monoisotopic (exact) mass is 343 g/mol. The summed E-state index contributed by atoms with van der Waals surface area (Å²) in [6.45, 7) is 0.902. The van der Waals surface area contributed by atoms with E-state index in [0.717, 1.165) is 30.9 Å². The Morgan fingerprint density at radius 2 is 1.64 bits per heavy atom. The lowest BCUT2D eigenvalue weighted by Gasteiger charge is -2.30. The predicted octanol–water partition coefficient (Wildman–Crippen LogP) is 3.15. The lowest BCUT2D eigenvalue weighted by atomic mass is 9.89. The molecule has 1 atom stereocenters. The lowest BCUT2D eigenvalue weighted by molar-refractivity contribution is 0.318. The largest absolute Gasteiger partial charge is 0.497 e. The van der Waals surface area contributed by atoms with E-state index >= 15 is 0 Å². The Kier molecular flexibility index (Phi) is 5.34. The van der Waals surface area contributed by atoms with E-state index in [1.807, 2.05) is 12.1 Å². The summed E-state index contributed by atoms with van der Waals surface area (Å²) in [6.07, 6.45) is 1.79. The van der Waals surface area contributed by atoms with Gasteiger partial charge in [0.1, 0.15) is 5.75 Å². The van der Waals surface area contributed by atoms with Crippen LogP contribution in [0.15, 0.2) is 30.3 Å². The first-order chi connectivity index (χ1) is 12.2. The maximum Gasteiger partial charge on any atom is 0.203 e. The number of rotatable bonds is 6. The number of ether oxygens (including phenoxy) is 4. The Morgan fingerprint density at radius 3 is 2.24 bits per heavy atom. The highest BCUT2D eigenvalue weighted by Crippen LogP contribution is 2.45. The number of methoxy groups -OCH3 is 4. The molecule has 0 radical (unpaired) electrons. The molecule has 134 valence electrons. The van der Waals surface area contributed by atoms with Crippen LogP contribution in [0.25, 0.3) is 0 Å². The summed E-state index contributed by atoms with van der Waals surface area (Å²) in [7, 11) is 6.65. The molecule has 0 bridgehead atoms. The SMILES string of the molecule is COc1ccc(CC2NCCc3c2cc(OC)c(OC)c3OC)cc1. The molecule has 2 aromatic carbocycles. The van der Waals surface area contributed by atoms with Crippen molar-refractivity contribution in [3.63, 3.8) is 0 Å². The van der Waals surface area contributed by atoms with Crippen LogP contribution < -0.4 is 24.3 Å². The Balaban J connectivity index is 1.97. The Bertz CT molecular complexity index is 727. The second kappa shape index (κ2) is 7.66. The molecule has 0 aliphatic carbocycles. The maximum atomic E-state index is 5.66. The summed E-state index contributed by atoms with van der Waals surface area (Å²) < 4.78 is 21.9. The standard InChI is InChI=1S/C20H25NO4/c1-22-14-7-5-13(6-8-14)11-17-16-12-18(23-2)20(25-4)19(24-3)15(16)9-10-21-17/h5-8,12,17,21H,9-11H2,1-4H3. The van der Waals surface area contributed by atoms with Crippen LogP contribution >= 0.6 is 0 Å². The zero-order chi connectivity index (χ0) is 17.8. The molecule has 5 nitrogen and oxygen atoms in total. The number of benzene rings is 2. The van der Waals surface area contributed by atoms with Crippen molar-refractivity contribution in [2.75, 3.05) is 35.0 Å². The molecule has 0 saturated carbocycles. The molecule has 3 rings (SSSR count). The number of nitrogens with one attached hydrogen (secondary N) is 1. The first kappa shape index (κ1) is 17.4. The summed E-state index contributed by atoms with van der Waals surface area (Å²) in [5.41, 5.74) is 3.65. The first-order valence-corrected chi connectivity index (χ1v) is 8.39. The van der Waals surface area contributed by atoms with E-state index in [-0.39, 0.29) is 6.04 Å². The number of hydrogen-bond donors (Lipinski definition) is 1. The van der Waals surface area contributed by atoms with Gasteiger partial charge in [-0.3, -0.25) is 0 Å². The normalized spacial score (nSPS) is 16.1. The van der Waals surface area contributed by atoms with Crippen molar-refractivity contribution in [3.05, 3.63) is 47.0 Å². The molecule has 1 heterocycles. The minimum atomic E-state index is 0.200. The Labute approximate surface area is 148 Å². The van der Waals surface area contributed by atoms with Crippen LogP contribution in [0.4, 0.5) is 0 Å². The van der Waals surface area contributed by atoms with E-state index in [1.54, 1.807) is 28.4 Å². The van der Waals surface area contributed by atoms with Crippen LogP contribution in [0.2, 0.25) is 0 Å². The van der Waals surface area contributed by atoms with Gasteiger partial charge in [0.2, 0.25) is 5.75 Å². The van der Waals surface area contributed by atoms with E-state index in [2.05, 4.69) is 23.5 Å². The Morgan fingerprint density at radius 1 is 0.920 bits per heavy atom. The van der Waals surface area contributed by atoms with Crippen LogP contribution in [0.1, 0.15) is 22.7 Å². The lowest BCUT2D eigenvalue weighted by Crippen LogP contribution is -2.31. The molecular formula is C20H25NO4. The summed E-state index contributed by atoms with van der Waals surface area (Å²) in [4.78, 5) is 0. The molecular weight excluding hydrogens is 318 g/mol. The second-order valence-electron chi connectivity index (χ2n) is 6.02.